The van der Waals surface area contributed by atoms with E-state index >= 15 is 0 Å². The number of carboxylic acid groups (broad SMARTS) is 1. The molecule has 0 aromatic carbocycles. The van der Waals surface area contributed by atoms with Crippen LogP contribution in [0, 0.1) is 5.92 Å². The summed E-state index contributed by atoms with van der Waals surface area (Å²) in [5.74, 6) is -1.42. The summed E-state index contributed by atoms with van der Waals surface area (Å²) in [7, 11) is 0. The van der Waals surface area contributed by atoms with E-state index in [1.807, 2.05) is 6.92 Å². The summed E-state index contributed by atoms with van der Waals surface area (Å²) in [6.45, 7) is 3.74. The van der Waals surface area contributed by atoms with Crippen LogP contribution in [-0.2, 0) is 19.1 Å². The Morgan fingerprint density at radius 3 is 2.73 bits per heavy atom. The van der Waals surface area contributed by atoms with Gasteiger partial charge in [-0.15, -0.1) is 0 Å². The fourth-order valence-electron chi connectivity index (χ4n) is 3.08. The molecule has 0 aromatic rings. The molecule has 0 aromatic heterocycles. The standard InChI is InChI=1S/C15H24N2O5/c1-2-4-13(18)16-6-3-5-11(9-16)14(19)17-7-8-22-10-12(17)15(20)21/h11-12H,2-10H2,1H3,(H,20,21). The average molecular weight is 312 g/mol. The number of morpholine rings is 1. The Bertz CT molecular complexity index is 440. The second-order valence-corrected chi connectivity index (χ2v) is 5.89. The molecule has 0 radical (unpaired) electrons. The number of nitrogens with zero attached hydrogens (tertiary/aromatic N) is 2. The van der Waals surface area contributed by atoms with E-state index in [9.17, 15) is 19.5 Å². The van der Waals surface area contributed by atoms with Crippen molar-refractivity contribution in [3.63, 3.8) is 0 Å². The van der Waals surface area contributed by atoms with Crippen molar-refractivity contribution in [3.05, 3.63) is 0 Å². The second kappa shape index (κ2) is 7.58. The quantitative estimate of drug-likeness (QED) is 0.809. The molecular weight excluding hydrogens is 288 g/mol. The van der Waals surface area contributed by atoms with E-state index in [0.29, 0.717) is 39.1 Å². The number of ether oxygens (including phenoxy) is 1. The van der Waals surface area contributed by atoms with Gasteiger partial charge in [0, 0.05) is 26.1 Å². The number of carbonyl (C=O) groups is 3. The summed E-state index contributed by atoms with van der Waals surface area (Å²) in [5, 5.41) is 9.23. The molecule has 7 heteroatoms. The number of amides is 2. The van der Waals surface area contributed by atoms with Gasteiger partial charge in [0.1, 0.15) is 0 Å². The molecule has 0 saturated carbocycles. The Morgan fingerprint density at radius 1 is 1.27 bits per heavy atom. The van der Waals surface area contributed by atoms with Gasteiger partial charge in [0.05, 0.1) is 19.1 Å². The molecule has 0 bridgehead atoms. The maximum Gasteiger partial charge on any atom is 0.328 e. The normalized spacial score (nSPS) is 25.9. The number of piperidine rings is 1. The van der Waals surface area contributed by atoms with Crippen molar-refractivity contribution in [2.24, 2.45) is 5.92 Å². The Kier molecular flexibility index (Phi) is 5.76. The molecule has 7 nitrogen and oxygen atoms in total. The van der Waals surface area contributed by atoms with E-state index < -0.39 is 12.0 Å². The van der Waals surface area contributed by atoms with Gasteiger partial charge in [0.15, 0.2) is 6.04 Å². The number of rotatable bonds is 4. The topological polar surface area (TPSA) is 87.2 Å². The summed E-state index contributed by atoms with van der Waals surface area (Å²) in [6, 6.07) is -0.914. The maximum absolute atomic E-state index is 12.7. The minimum absolute atomic E-state index is 0.0340. The van der Waals surface area contributed by atoms with Crippen LogP contribution < -0.4 is 0 Å². The van der Waals surface area contributed by atoms with Crippen LogP contribution in [0.2, 0.25) is 0 Å². The van der Waals surface area contributed by atoms with Gasteiger partial charge >= 0.3 is 5.97 Å². The first-order valence-corrected chi connectivity index (χ1v) is 7.93. The maximum atomic E-state index is 12.7. The zero-order valence-corrected chi connectivity index (χ0v) is 13.0. The average Bonchev–Trinajstić information content (AvgIpc) is 2.54. The third-order valence-corrected chi connectivity index (χ3v) is 4.28. The number of aliphatic carboxylic acids is 1. The number of hydrogen-bond acceptors (Lipinski definition) is 4. The van der Waals surface area contributed by atoms with E-state index in [0.717, 1.165) is 12.8 Å². The van der Waals surface area contributed by atoms with Crippen LogP contribution in [-0.4, -0.2) is 71.6 Å². The van der Waals surface area contributed by atoms with Gasteiger partial charge in [-0.3, -0.25) is 9.59 Å². The first-order chi connectivity index (χ1) is 10.5. The van der Waals surface area contributed by atoms with Gasteiger partial charge < -0.3 is 19.6 Å². The predicted octanol–water partition coefficient (Wildman–Crippen LogP) is 0.337. The van der Waals surface area contributed by atoms with Crippen LogP contribution in [0.4, 0.5) is 0 Å². The fourth-order valence-corrected chi connectivity index (χ4v) is 3.08. The highest BCUT2D eigenvalue weighted by Gasteiger charge is 2.38. The zero-order valence-electron chi connectivity index (χ0n) is 13.0. The van der Waals surface area contributed by atoms with Crippen molar-refractivity contribution < 1.29 is 24.2 Å². The Balaban J connectivity index is 2.01. The van der Waals surface area contributed by atoms with Crippen molar-refractivity contribution in [1.29, 1.82) is 0 Å². The van der Waals surface area contributed by atoms with Gasteiger partial charge in [-0.1, -0.05) is 6.92 Å². The zero-order chi connectivity index (χ0) is 16.1. The Morgan fingerprint density at radius 2 is 2.05 bits per heavy atom. The van der Waals surface area contributed by atoms with E-state index in [-0.39, 0.29) is 24.3 Å². The molecule has 0 aliphatic carbocycles. The van der Waals surface area contributed by atoms with Gasteiger partial charge in [-0.05, 0) is 19.3 Å². The van der Waals surface area contributed by atoms with E-state index in [1.165, 1.54) is 4.90 Å². The van der Waals surface area contributed by atoms with Crippen LogP contribution in [0.5, 0.6) is 0 Å². The molecule has 22 heavy (non-hydrogen) atoms. The lowest BCUT2D eigenvalue weighted by Gasteiger charge is -2.38. The van der Waals surface area contributed by atoms with Crippen molar-refractivity contribution in [2.45, 2.75) is 38.6 Å². The minimum atomic E-state index is -1.04. The summed E-state index contributed by atoms with van der Waals surface area (Å²) in [5.41, 5.74) is 0. The second-order valence-electron chi connectivity index (χ2n) is 5.89. The Hall–Kier alpha value is -1.63. The molecule has 1 N–H and O–H groups in total. The Labute approximate surface area is 130 Å². The van der Waals surface area contributed by atoms with Crippen molar-refractivity contribution in [1.82, 2.24) is 9.80 Å². The van der Waals surface area contributed by atoms with E-state index in [1.54, 1.807) is 4.90 Å². The molecule has 2 heterocycles. The van der Waals surface area contributed by atoms with Gasteiger partial charge in [-0.2, -0.15) is 0 Å². The smallest absolute Gasteiger partial charge is 0.328 e. The number of likely N-dealkylation sites (tertiary alicyclic amines) is 1. The number of carboxylic acids is 1. The molecule has 2 unspecified atom stereocenters. The molecule has 2 fully saturated rings. The lowest BCUT2D eigenvalue weighted by atomic mass is 9.95. The summed E-state index contributed by atoms with van der Waals surface area (Å²) < 4.78 is 5.16. The summed E-state index contributed by atoms with van der Waals surface area (Å²) in [4.78, 5) is 39.1. The van der Waals surface area contributed by atoms with Crippen LogP contribution in [0.1, 0.15) is 32.6 Å². The van der Waals surface area contributed by atoms with Gasteiger partial charge in [0.25, 0.3) is 0 Å². The third kappa shape index (κ3) is 3.76. The molecule has 2 atom stereocenters. The highest BCUT2D eigenvalue weighted by Crippen LogP contribution is 2.22. The lowest BCUT2D eigenvalue weighted by Crippen LogP contribution is -2.56. The highest BCUT2D eigenvalue weighted by molar-refractivity contribution is 5.86. The molecule has 2 rings (SSSR count). The lowest BCUT2D eigenvalue weighted by molar-refractivity contribution is -0.161. The summed E-state index contributed by atoms with van der Waals surface area (Å²) in [6.07, 6.45) is 2.78. The van der Waals surface area contributed by atoms with Crippen LogP contribution in [0.15, 0.2) is 0 Å². The van der Waals surface area contributed by atoms with Crippen molar-refractivity contribution >= 4 is 17.8 Å². The van der Waals surface area contributed by atoms with E-state index in [2.05, 4.69) is 0 Å². The first-order valence-electron chi connectivity index (χ1n) is 7.93. The summed E-state index contributed by atoms with van der Waals surface area (Å²) >= 11 is 0. The first kappa shape index (κ1) is 16.7. The minimum Gasteiger partial charge on any atom is -0.480 e. The molecule has 2 aliphatic rings. The predicted molar refractivity (Wildman–Crippen MR) is 78.2 cm³/mol. The van der Waals surface area contributed by atoms with Gasteiger partial charge in [-0.25, -0.2) is 4.79 Å². The van der Waals surface area contributed by atoms with Gasteiger partial charge in [0.2, 0.25) is 11.8 Å². The highest BCUT2D eigenvalue weighted by atomic mass is 16.5. The van der Waals surface area contributed by atoms with Crippen LogP contribution in [0.3, 0.4) is 0 Å². The molecule has 2 amide bonds. The monoisotopic (exact) mass is 312 g/mol. The van der Waals surface area contributed by atoms with E-state index in [4.69, 9.17) is 4.74 Å². The molecule has 124 valence electrons. The van der Waals surface area contributed by atoms with Crippen LogP contribution in [0.25, 0.3) is 0 Å². The van der Waals surface area contributed by atoms with Crippen molar-refractivity contribution in [3.8, 4) is 0 Å². The fraction of sp³-hybridized carbons (Fsp3) is 0.800. The SMILES string of the molecule is CCCC(=O)N1CCCC(C(=O)N2CCOCC2C(=O)O)C1. The molecule has 0 spiro atoms. The number of hydrogen-bond donors (Lipinski definition) is 1. The third-order valence-electron chi connectivity index (χ3n) is 4.28. The van der Waals surface area contributed by atoms with Crippen LogP contribution >= 0.6 is 0 Å². The molecule has 2 aliphatic heterocycles. The largest absolute Gasteiger partial charge is 0.480 e. The number of carbonyl (C=O) groups excluding carboxylic acids is 2. The van der Waals surface area contributed by atoms with Crippen molar-refractivity contribution in [2.75, 3.05) is 32.8 Å². The molecular formula is C15H24N2O5. The molecule has 2 saturated heterocycles.